The number of nitrogens with zero attached hydrogens (tertiary/aromatic N) is 2. The maximum Gasteiger partial charge on any atom is 0.268 e. The molecule has 0 unspecified atom stereocenters. The first kappa shape index (κ1) is 15.6. The lowest BCUT2D eigenvalue weighted by atomic mass is 9.80. The van der Waals surface area contributed by atoms with Crippen LogP contribution in [-0.4, -0.2) is 41.6 Å². The molecule has 4 nitrogen and oxygen atoms in total. The minimum atomic E-state index is 0.00463. The summed E-state index contributed by atoms with van der Waals surface area (Å²) in [7, 11) is 6.13. The predicted molar refractivity (Wildman–Crippen MR) is 84.9 cm³/mol. The number of hydrogen-bond acceptors (Lipinski definition) is 2. The van der Waals surface area contributed by atoms with Crippen molar-refractivity contribution in [2.24, 2.45) is 7.05 Å². The van der Waals surface area contributed by atoms with E-state index in [1.165, 1.54) is 19.3 Å². The highest BCUT2D eigenvalue weighted by atomic mass is 79.9. The number of nitrogens with one attached hydrogen (secondary N) is 1. The molecule has 5 heteroatoms. The Hall–Kier alpha value is -0.810. The molecule has 0 saturated heterocycles. The third-order valence-corrected chi connectivity index (χ3v) is 4.95. The summed E-state index contributed by atoms with van der Waals surface area (Å²) in [5.74, 6) is 0.00463. The first-order valence-corrected chi connectivity index (χ1v) is 8.01. The number of amides is 1. The largest absolute Gasteiger partial charge is 0.349 e. The van der Waals surface area contributed by atoms with Crippen molar-refractivity contribution in [2.75, 3.05) is 20.6 Å². The van der Waals surface area contributed by atoms with Crippen molar-refractivity contribution in [2.45, 2.75) is 37.6 Å². The molecule has 20 heavy (non-hydrogen) atoms. The predicted octanol–water partition coefficient (Wildman–Crippen LogP) is 2.78. The lowest BCUT2D eigenvalue weighted by Crippen LogP contribution is -2.53. The monoisotopic (exact) mass is 341 g/mol. The van der Waals surface area contributed by atoms with E-state index >= 15 is 0 Å². The van der Waals surface area contributed by atoms with Crippen molar-refractivity contribution in [3.05, 3.63) is 22.4 Å². The van der Waals surface area contributed by atoms with Crippen molar-refractivity contribution in [3.63, 3.8) is 0 Å². The van der Waals surface area contributed by atoms with E-state index in [-0.39, 0.29) is 11.4 Å². The van der Waals surface area contributed by atoms with Gasteiger partial charge in [-0.15, -0.1) is 0 Å². The number of hydrogen-bond donors (Lipinski definition) is 1. The molecule has 1 aromatic heterocycles. The maximum atomic E-state index is 12.3. The molecule has 1 aromatic rings. The highest BCUT2D eigenvalue weighted by Gasteiger charge is 2.34. The molecule has 1 heterocycles. The number of aryl methyl sites for hydroxylation is 1. The summed E-state index contributed by atoms with van der Waals surface area (Å²) in [6, 6.07) is 1.86. The Labute approximate surface area is 129 Å². The number of rotatable bonds is 4. The van der Waals surface area contributed by atoms with Crippen LogP contribution in [0.4, 0.5) is 0 Å². The van der Waals surface area contributed by atoms with Crippen LogP contribution in [0.2, 0.25) is 0 Å². The van der Waals surface area contributed by atoms with E-state index in [1.54, 1.807) is 0 Å². The lowest BCUT2D eigenvalue weighted by molar-refractivity contribution is 0.0794. The van der Waals surface area contributed by atoms with Crippen LogP contribution in [0.25, 0.3) is 0 Å². The van der Waals surface area contributed by atoms with Crippen LogP contribution in [0.5, 0.6) is 0 Å². The van der Waals surface area contributed by atoms with Crippen molar-refractivity contribution >= 4 is 21.8 Å². The minimum absolute atomic E-state index is 0.00463. The maximum absolute atomic E-state index is 12.3. The van der Waals surface area contributed by atoms with Gasteiger partial charge in [0.1, 0.15) is 5.69 Å². The third kappa shape index (κ3) is 3.26. The summed E-state index contributed by atoms with van der Waals surface area (Å²) in [4.78, 5) is 14.6. The van der Waals surface area contributed by atoms with E-state index in [9.17, 15) is 4.79 Å². The van der Waals surface area contributed by atoms with Crippen molar-refractivity contribution in [1.29, 1.82) is 0 Å². The molecule has 0 aromatic carbocycles. The summed E-state index contributed by atoms with van der Waals surface area (Å²) in [6.07, 6.45) is 8.05. The molecular weight excluding hydrogens is 318 g/mol. The average Bonchev–Trinajstić information content (AvgIpc) is 2.76. The number of likely N-dealkylation sites (N-methyl/N-ethyl adjacent to an activating group) is 1. The Balaban J connectivity index is 2.02. The Kier molecular flexibility index (Phi) is 4.91. The summed E-state index contributed by atoms with van der Waals surface area (Å²) in [5.41, 5.74) is 0.817. The summed E-state index contributed by atoms with van der Waals surface area (Å²) in [5, 5.41) is 3.12. The molecule has 1 N–H and O–H groups in total. The molecule has 1 saturated carbocycles. The molecular formula is C15H24BrN3O. The first-order valence-electron chi connectivity index (χ1n) is 7.22. The Bertz CT molecular complexity index is 475. The van der Waals surface area contributed by atoms with E-state index in [0.717, 1.165) is 23.9 Å². The highest BCUT2D eigenvalue weighted by molar-refractivity contribution is 9.10. The quantitative estimate of drug-likeness (QED) is 0.914. The Morgan fingerprint density at radius 3 is 2.55 bits per heavy atom. The minimum Gasteiger partial charge on any atom is -0.349 e. The van der Waals surface area contributed by atoms with Crippen molar-refractivity contribution in [1.82, 2.24) is 14.8 Å². The number of carbonyl (C=O) groups excluding carboxylic acids is 1. The van der Waals surface area contributed by atoms with Crippen LogP contribution in [0, 0.1) is 0 Å². The van der Waals surface area contributed by atoms with E-state index in [0.29, 0.717) is 5.69 Å². The summed E-state index contributed by atoms with van der Waals surface area (Å²) < 4.78 is 2.79. The lowest BCUT2D eigenvalue weighted by Gasteiger charge is -2.43. The van der Waals surface area contributed by atoms with Gasteiger partial charge in [-0.05, 0) is 48.9 Å². The van der Waals surface area contributed by atoms with Gasteiger partial charge in [0, 0.05) is 29.8 Å². The van der Waals surface area contributed by atoms with Crippen LogP contribution in [0.15, 0.2) is 16.7 Å². The molecule has 2 rings (SSSR count). The molecule has 1 fully saturated rings. The molecule has 0 radical (unpaired) electrons. The SMILES string of the molecule is CN(C)C1(CNC(=O)c2cc(Br)cn2C)CCCCC1. The van der Waals surface area contributed by atoms with E-state index < -0.39 is 0 Å². The molecule has 1 aliphatic rings. The molecule has 0 spiro atoms. The smallest absolute Gasteiger partial charge is 0.268 e. The standard InChI is InChI=1S/C15H24BrN3O/c1-18(2)15(7-5-4-6-8-15)11-17-14(20)13-9-12(16)10-19(13)3/h9-10H,4-8,11H2,1-3H3,(H,17,20). The number of carbonyl (C=O) groups is 1. The zero-order valence-corrected chi connectivity index (χ0v) is 14.2. The zero-order chi connectivity index (χ0) is 14.8. The number of halogens is 1. The van der Waals surface area contributed by atoms with Crippen LogP contribution < -0.4 is 5.32 Å². The molecule has 0 bridgehead atoms. The second-order valence-corrected chi connectivity index (χ2v) is 6.93. The van der Waals surface area contributed by atoms with Gasteiger partial charge in [-0.3, -0.25) is 4.79 Å². The molecule has 112 valence electrons. The van der Waals surface area contributed by atoms with Gasteiger partial charge >= 0.3 is 0 Å². The van der Waals surface area contributed by atoms with E-state index in [4.69, 9.17) is 0 Å². The first-order chi connectivity index (χ1) is 9.44. The Morgan fingerprint density at radius 2 is 2.05 bits per heavy atom. The van der Waals surface area contributed by atoms with Crippen LogP contribution in [0.1, 0.15) is 42.6 Å². The summed E-state index contributed by atoms with van der Waals surface area (Å²) >= 11 is 3.40. The summed E-state index contributed by atoms with van der Waals surface area (Å²) in [6.45, 7) is 0.724. The zero-order valence-electron chi connectivity index (χ0n) is 12.6. The molecule has 0 aliphatic heterocycles. The average molecular weight is 342 g/mol. The van der Waals surface area contributed by atoms with E-state index in [1.807, 2.05) is 23.9 Å². The van der Waals surface area contributed by atoms with Crippen LogP contribution >= 0.6 is 15.9 Å². The fourth-order valence-corrected chi connectivity index (χ4v) is 3.60. The van der Waals surface area contributed by atoms with Crippen molar-refractivity contribution < 1.29 is 4.79 Å². The fourth-order valence-electron chi connectivity index (χ4n) is 3.08. The molecule has 0 atom stereocenters. The second-order valence-electron chi connectivity index (χ2n) is 6.02. The van der Waals surface area contributed by atoms with Gasteiger partial charge in [-0.1, -0.05) is 19.3 Å². The second kappa shape index (κ2) is 6.31. The topological polar surface area (TPSA) is 37.3 Å². The van der Waals surface area contributed by atoms with Crippen molar-refractivity contribution in [3.8, 4) is 0 Å². The highest BCUT2D eigenvalue weighted by Crippen LogP contribution is 2.31. The Morgan fingerprint density at radius 1 is 1.40 bits per heavy atom. The van der Waals surface area contributed by atoms with Gasteiger partial charge in [0.15, 0.2) is 0 Å². The van der Waals surface area contributed by atoms with E-state index in [2.05, 4.69) is 40.2 Å². The van der Waals surface area contributed by atoms with Gasteiger partial charge in [-0.2, -0.15) is 0 Å². The molecule has 1 amide bonds. The van der Waals surface area contributed by atoms with Crippen LogP contribution in [-0.2, 0) is 7.05 Å². The third-order valence-electron chi connectivity index (χ3n) is 4.52. The van der Waals surface area contributed by atoms with Gasteiger partial charge < -0.3 is 14.8 Å². The van der Waals surface area contributed by atoms with Gasteiger partial charge in [0.05, 0.1) is 0 Å². The van der Waals surface area contributed by atoms with Gasteiger partial charge in [-0.25, -0.2) is 0 Å². The number of aromatic nitrogens is 1. The fraction of sp³-hybridized carbons (Fsp3) is 0.667. The van der Waals surface area contributed by atoms with Crippen LogP contribution in [0.3, 0.4) is 0 Å². The molecule has 1 aliphatic carbocycles. The van der Waals surface area contributed by atoms with Gasteiger partial charge in [0.25, 0.3) is 5.91 Å². The van der Waals surface area contributed by atoms with Gasteiger partial charge in [0.2, 0.25) is 0 Å². The normalized spacial score (nSPS) is 18.2.